The average Bonchev–Trinajstić information content (AvgIpc) is 3.40. The number of carbonyl (C=O) groups excluding carboxylic acids is 2. The molecular formula is C22H22N4O3. The lowest BCUT2D eigenvalue weighted by atomic mass is 9.92. The van der Waals surface area contributed by atoms with E-state index in [1.165, 1.54) is 0 Å². The Balaban J connectivity index is 1.43. The Morgan fingerprint density at radius 1 is 1.17 bits per heavy atom. The van der Waals surface area contributed by atoms with Crippen LogP contribution in [0.5, 0.6) is 0 Å². The number of aromatic nitrogens is 2. The van der Waals surface area contributed by atoms with E-state index in [2.05, 4.69) is 20.8 Å². The minimum Gasteiger partial charge on any atom is -0.360 e. The van der Waals surface area contributed by atoms with Crippen LogP contribution in [0, 0.1) is 12.8 Å². The Labute approximate surface area is 168 Å². The first-order chi connectivity index (χ1) is 14.1. The molecule has 3 aromatic rings. The maximum absolute atomic E-state index is 13.2. The molecule has 148 valence electrons. The van der Waals surface area contributed by atoms with Crippen LogP contribution in [-0.2, 0) is 11.3 Å². The molecule has 1 saturated heterocycles. The van der Waals surface area contributed by atoms with Gasteiger partial charge in [0.05, 0.1) is 23.8 Å². The van der Waals surface area contributed by atoms with E-state index in [1.807, 2.05) is 48.5 Å². The highest BCUT2D eigenvalue weighted by molar-refractivity contribution is 6.04. The molecule has 1 fully saturated rings. The molecule has 1 aromatic carbocycles. The summed E-state index contributed by atoms with van der Waals surface area (Å²) in [7, 11) is 0. The van der Waals surface area contributed by atoms with Crippen LogP contribution in [0.3, 0.4) is 0 Å². The zero-order chi connectivity index (χ0) is 20.2. The molecule has 2 aromatic heterocycles. The maximum atomic E-state index is 13.2. The normalized spacial score (nSPS) is 18.5. The molecule has 1 aliphatic heterocycles. The Kier molecular flexibility index (Phi) is 5.48. The van der Waals surface area contributed by atoms with Crippen molar-refractivity contribution >= 4 is 11.7 Å². The van der Waals surface area contributed by atoms with Crippen LogP contribution >= 0.6 is 0 Å². The second-order valence-corrected chi connectivity index (χ2v) is 7.12. The van der Waals surface area contributed by atoms with Crippen LogP contribution in [0.25, 0.3) is 11.3 Å². The Hall–Kier alpha value is -3.32. The molecule has 0 aliphatic carbocycles. The van der Waals surface area contributed by atoms with Crippen LogP contribution in [0.1, 0.15) is 28.2 Å². The van der Waals surface area contributed by atoms with Gasteiger partial charge in [-0.05, 0) is 25.5 Å². The number of carbonyl (C=O) groups is 2. The fourth-order valence-corrected chi connectivity index (χ4v) is 3.60. The van der Waals surface area contributed by atoms with E-state index in [4.69, 9.17) is 4.52 Å². The van der Waals surface area contributed by atoms with Crippen molar-refractivity contribution in [1.29, 1.82) is 0 Å². The number of benzene rings is 1. The number of pyridine rings is 1. The van der Waals surface area contributed by atoms with E-state index in [9.17, 15) is 9.59 Å². The van der Waals surface area contributed by atoms with Gasteiger partial charge in [-0.3, -0.25) is 14.6 Å². The molecule has 0 spiro atoms. The number of rotatable bonds is 6. The summed E-state index contributed by atoms with van der Waals surface area (Å²) in [6, 6.07) is 14.6. The number of hydrogen-bond donors (Lipinski definition) is 2. The Morgan fingerprint density at radius 2 is 1.97 bits per heavy atom. The quantitative estimate of drug-likeness (QED) is 0.628. The van der Waals surface area contributed by atoms with Crippen molar-refractivity contribution < 1.29 is 14.1 Å². The van der Waals surface area contributed by atoms with Gasteiger partial charge in [0.25, 0.3) is 0 Å². The molecule has 7 nitrogen and oxygen atoms in total. The second-order valence-electron chi connectivity index (χ2n) is 7.12. The molecule has 0 bridgehead atoms. The maximum Gasteiger partial charge on any atom is 0.237 e. The van der Waals surface area contributed by atoms with Crippen LogP contribution < -0.4 is 10.6 Å². The summed E-state index contributed by atoms with van der Waals surface area (Å²) >= 11 is 0. The average molecular weight is 390 g/mol. The first-order valence-corrected chi connectivity index (χ1v) is 9.60. The van der Waals surface area contributed by atoms with Gasteiger partial charge in [0.1, 0.15) is 11.5 Å². The van der Waals surface area contributed by atoms with Crippen molar-refractivity contribution in [2.75, 3.05) is 6.54 Å². The summed E-state index contributed by atoms with van der Waals surface area (Å²) in [6.07, 6.45) is 2.13. The van der Waals surface area contributed by atoms with Crippen molar-refractivity contribution in [3.63, 3.8) is 0 Å². The van der Waals surface area contributed by atoms with Gasteiger partial charge >= 0.3 is 0 Å². The summed E-state index contributed by atoms with van der Waals surface area (Å²) in [6.45, 7) is 2.55. The molecule has 29 heavy (non-hydrogen) atoms. The minimum absolute atomic E-state index is 0.0462. The van der Waals surface area contributed by atoms with Crippen molar-refractivity contribution in [3.8, 4) is 11.3 Å². The van der Waals surface area contributed by atoms with Gasteiger partial charge in [0.2, 0.25) is 5.91 Å². The topological polar surface area (TPSA) is 97.1 Å². The molecule has 0 saturated carbocycles. The number of amides is 1. The van der Waals surface area contributed by atoms with Gasteiger partial charge in [0.15, 0.2) is 5.78 Å². The fourth-order valence-electron chi connectivity index (χ4n) is 3.60. The molecule has 7 heteroatoms. The minimum atomic E-state index is -0.409. The van der Waals surface area contributed by atoms with Crippen molar-refractivity contribution in [3.05, 3.63) is 71.7 Å². The monoisotopic (exact) mass is 390 g/mol. The first-order valence-electron chi connectivity index (χ1n) is 9.60. The number of aryl methyl sites for hydroxylation is 1. The van der Waals surface area contributed by atoms with Crippen LogP contribution in [0.15, 0.2) is 59.3 Å². The molecule has 3 heterocycles. The number of ketones is 1. The molecule has 2 atom stereocenters. The van der Waals surface area contributed by atoms with E-state index in [1.54, 1.807) is 13.1 Å². The smallest absolute Gasteiger partial charge is 0.237 e. The molecule has 1 aliphatic rings. The van der Waals surface area contributed by atoms with Crippen LogP contribution in [0.4, 0.5) is 0 Å². The molecular weight excluding hydrogens is 368 g/mol. The van der Waals surface area contributed by atoms with E-state index < -0.39 is 6.04 Å². The van der Waals surface area contributed by atoms with E-state index >= 15 is 0 Å². The second kappa shape index (κ2) is 8.36. The van der Waals surface area contributed by atoms with Gasteiger partial charge in [-0.1, -0.05) is 41.6 Å². The number of hydrogen-bond acceptors (Lipinski definition) is 6. The van der Waals surface area contributed by atoms with Gasteiger partial charge in [-0.15, -0.1) is 0 Å². The Morgan fingerprint density at radius 3 is 2.72 bits per heavy atom. The predicted molar refractivity (Wildman–Crippen MR) is 107 cm³/mol. The third kappa shape index (κ3) is 4.09. The van der Waals surface area contributed by atoms with E-state index in [-0.39, 0.29) is 17.6 Å². The first kappa shape index (κ1) is 19.0. The number of Topliss-reactive ketones (excluding diaryl/α,β-unsaturated/α-hetero) is 1. The predicted octanol–water partition coefficient (Wildman–Crippen LogP) is 2.52. The highest BCUT2D eigenvalue weighted by Gasteiger charge is 2.36. The zero-order valence-electron chi connectivity index (χ0n) is 16.1. The zero-order valence-corrected chi connectivity index (χ0v) is 16.1. The summed E-state index contributed by atoms with van der Waals surface area (Å²) in [5.41, 5.74) is 2.68. The molecule has 1 amide bonds. The fraction of sp³-hybridized carbons (Fsp3) is 0.273. The van der Waals surface area contributed by atoms with Gasteiger partial charge in [-0.2, -0.15) is 0 Å². The lowest BCUT2D eigenvalue weighted by Crippen LogP contribution is -2.40. The summed E-state index contributed by atoms with van der Waals surface area (Å²) in [5.74, 6) is 0.0180. The van der Waals surface area contributed by atoms with E-state index in [0.29, 0.717) is 36.5 Å². The lowest BCUT2D eigenvalue weighted by Gasteiger charge is -2.11. The third-order valence-corrected chi connectivity index (χ3v) is 5.14. The van der Waals surface area contributed by atoms with Crippen molar-refractivity contribution in [2.24, 2.45) is 5.92 Å². The van der Waals surface area contributed by atoms with Crippen LogP contribution in [-0.4, -0.2) is 34.4 Å². The highest BCUT2D eigenvalue weighted by Crippen LogP contribution is 2.29. The van der Waals surface area contributed by atoms with Gasteiger partial charge in [0, 0.05) is 24.2 Å². The third-order valence-electron chi connectivity index (χ3n) is 5.14. The standard InChI is InChI=1S/C22H22N4O3/c1-14-19(20(26-29-14)15-7-3-2-4-8-15)21(27)16-11-18(24-12-16)22(28)25-13-17-9-5-6-10-23-17/h2-10,16,18,24H,11-13H2,1H3,(H,25,28). The van der Waals surface area contributed by atoms with Crippen LogP contribution in [0.2, 0.25) is 0 Å². The van der Waals surface area contributed by atoms with E-state index in [0.717, 1.165) is 11.3 Å². The summed E-state index contributed by atoms with van der Waals surface area (Å²) in [5, 5.41) is 10.1. The molecule has 2 unspecified atom stereocenters. The molecule has 0 radical (unpaired) electrons. The highest BCUT2D eigenvalue weighted by atomic mass is 16.5. The molecule has 4 rings (SSSR count). The number of nitrogens with one attached hydrogen (secondary N) is 2. The summed E-state index contributed by atoms with van der Waals surface area (Å²) in [4.78, 5) is 29.9. The SMILES string of the molecule is Cc1onc(-c2ccccc2)c1C(=O)C1CNC(C(=O)NCc2ccccn2)C1. The Bertz CT molecular complexity index is 1000. The largest absolute Gasteiger partial charge is 0.360 e. The summed E-state index contributed by atoms with van der Waals surface area (Å²) < 4.78 is 5.32. The molecule has 2 N–H and O–H groups in total. The van der Waals surface area contributed by atoms with Crippen molar-refractivity contribution in [2.45, 2.75) is 25.9 Å². The lowest BCUT2D eigenvalue weighted by molar-refractivity contribution is -0.123. The van der Waals surface area contributed by atoms with Gasteiger partial charge < -0.3 is 15.2 Å². The van der Waals surface area contributed by atoms with Crippen molar-refractivity contribution in [1.82, 2.24) is 20.8 Å². The number of nitrogens with zero attached hydrogens (tertiary/aromatic N) is 2. The van der Waals surface area contributed by atoms with Gasteiger partial charge in [-0.25, -0.2) is 0 Å².